The van der Waals surface area contributed by atoms with E-state index in [9.17, 15) is 17.8 Å². The van der Waals surface area contributed by atoms with E-state index >= 15 is 0 Å². The van der Waals surface area contributed by atoms with Crippen LogP contribution in [0.3, 0.4) is 0 Å². The van der Waals surface area contributed by atoms with E-state index < -0.39 is 10.1 Å². The summed E-state index contributed by atoms with van der Waals surface area (Å²) < 4.78 is 38.4. The molecule has 2 aromatic heterocycles. The number of anilines is 2. The van der Waals surface area contributed by atoms with Gasteiger partial charge in [-0.3, -0.25) is 4.79 Å². The number of carbonyl (C=O) groups is 1. The van der Waals surface area contributed by atoms with Crippen LogP contribution in [0.4, 0.5) is 11.4 Å². The third-order valence-corrected chi connectivity index (χ3v) is 14.3. The van der Waals surface area contributed by atoms with Crippen molar-refractivity contribution in [3.8, 4) is 11.1 Å². The monoisotopic (exact) mass is 878 g/mol. The molecule has 9 rings (SSSR count). The molecule has 14 heteroatoms. The van der Waals surface area contributed by atoms with Crippen LogP contribution >= 0.6 is 34.4 Å². The van der Waals surface area contributed by atoms with Crippen LogP contribution in [0.1, 0.15) is 34.8 Å². The maximum Gasteiger partial charge on any atom is 0.267 e. The summed E-state index contributed by atoms with van der Waals surface area (Å²) in [5.41, 5.74) is 9.39. The summed E-state index contributed by atoms with van der Waals surface area (Å²) in [5.74, 6) is -0.487. The summed E-state index contributed by atoms with van der Waals surface area (Å²) in [7, 11) is -4.28. The van der Waals surface area contributed by atoms with Crippen molar-refractivity contribution in [1.29, 1.82) is 0 Å². The SMILES string of the molecule is O=C(C/C(=C1/Nc2ccccc2S1)c1[nH+]c2ccccc2s1)NC[n+]1c(C=C2Cc3cc[c-]cc3N2CCCCS(=O)(=O)[O-])sc2ccc(-c3ccccc3)cc21.[V]. The van der Waals surface area contributed by atoms with Gasteiger partial charge in [-0.1, -0.05) is 101 Å². The molecule has 2 aliphatic rings. The molecule has 58 heavy (non-hydrogen) atoms. The van der Waals surface area contributed by atoms with Gasteiger partial charge in [-0.25, -0.2) is 8.42 Å². The van der Waals surface area contributed by atoms with Gasteiger partial charge in [-0.05, 0) is 54.7 Å². The quantitative estimate of drug-likeness (QED) is 0.0548. The van der Waals surface area contributed by atoms with Crippen molar-refractivity contribution in [2.75, 3.05) is 22.5 Å². The predicted octanol–water partition coefficient (Wildman–Crippen LogP) is 8.46. The molecule has 3 N–H and O–H groups in total. The second kappa shape index (κ2) is 17.2. The Labute approximate surface area is 361 Å². The van der Waals surface area contributed by atoms with Crippen molar-refractivity contribution >= 4 is 93.9 Å². The molecule has 0 saturated heterocycles. The van der Waals surface area contributed by atoms with Gasteiger partial charge in [0.1, 0.15) is 9.40 Å². The van der Waals surface area contributed by atoms with Crippen LogP contribution in [0, 0.1) is 6.07 Å². The van der Waals surface area contributed by atoms with E-state index in [0.717, 1.165) is 79.7 Å². The predicted molar refractivity (Wildman–Crippen MR) is 230 cm³/mol. The Hall–Kier alpha value is -4.73. The summed E-state index contributed by atoms with van der Waals surface area (Å²) in [6, 6.07) is 42.2. The third kappa shape index (κ3) is 8.67. The molecule has 0 saturated carbocycles. The fourth-order valence-corrected chi connectivity index (χ4v) is 11.2. The molecule has 9 nitrogen and oxygen atoms in total. The first-order valence-corrected chi connectivity index (χ1v) is 22.7. The number of amides is 1. The van der Waals surface area contributed by atoms with Crippen molar-refractivity contribution in [1.82, 2.24) is 5.32 Å². The fraction of sp³-hybridized carbons (Fsp3) is 0.159. The fourth-order valence-electron chi connectivity index (χ4n) is 7.33. The van der Waals surface area contributed by atoms with E-state index in [0.29, 0.717) is 19.4 Å². The minimum absolute atomic E-state index is 0. The number of carbonyl (C=O) groups excluding carboxylic acids is 1. The second-order valence-corrected chi connectivity index (χ2v) is 18.6. The number of aromatic amines is 1. The number of nitrogens with one attached hydrogen (secondary N) is 3. The molecule has 0 aliphatic carbocycles. The average molecular weight is 879 g/mol. The van der Waals surface area contributed by atoms with E-state index in [4.69, 9.17) is 0 Å². The molecule has 0 atom stereocenters. The minimum Gasteiger partial charge on any atom is -0.748 e. The average Bonchev–Trinajstić information content (AvgIpc) is 4.00. The van der Waals surface area contributed by atoms with Crippen LogP contribution in [0.15, 0.2) is 131 Å². The zero-order valence-electron chi connectivity index (χ0n) is 31.1. The number of fused-ring (bicyclic) bond motifs is 4. The van der Waals surface area contributed by atoms with Crippen LogP contribution in [-0.4, -0.2) is 31.2 Å². The number of allylic oxidation sites excluding steroid dienone is 1. The summed E-state index contributed by atoms with van der Waals surface area (Å²) >= 11 is 4.95. The molecule has 0 fully saturated rings. The Morgan fingerprint density at radius 2 is 1.76 bits per heavy atom. The van der Waals surface area contributed by atoms with Crippen LogP contribution < -0.4 is 25.1 Å². The second-order valence-electron chi connectivity index (χ2n) is 13.9. The third-order valence-electron chi connectivity index (χ3n) is 10.1. The van der Waals surface area contributed by atoms with Crippen molar-refractivity contribution in [3.05, 3.63) is 148 Å². The summed E-state index contributed by atoms with van der Waals surface area (Å²) in [6.07, 6.45) is 3.87. The molecule has 0 spiro atoms. The number of benzene rings is 5. The normalized spacial score (nSPS) is 15.0. The number of unbranched alkanes of at least 4 members (excludes halogenated alkanes) is 1. The zero-order chi connectivity index (χ0) is 38.9. The van der Waals surface area contributed by atoms with Crippen LogP contribution in [-0.2, 0) is 46.6 Å². The van der Waals surface area contributed by atoms with Gasteiger partial charge in [0.05, 0.1) is 32.8 Å². The van der Waals surface area contributed by atoms with E-state index in [1.165, 1.54) is 0 Å². The Balaban J connectivity index is 0.00000469. The molecule has 5 aromatic carbocycles. The Morgan fingerprint density at radius 1 is 0.948 bits per heavy atom. The van der Waals surface area contributed by atoms with Crippen LogP contribution in [0.25, 0.3) is 43.2 Å². The van der Waals surface area contributed by atoms with E-state index in [-0.39, 0.29) is 49.7 Å². The minimum atomic E-state index is -4.28. The van der Waals surface area contributed by atoms with Gasteiger partial charge in [0.25, 0.3) is 10.0 Å². The first-order valence-electron chi connectivity index (χ1n) is 18.6. The number of rotatable bonds is 12. The number of para-hydroxylation sites is 2. The van der Waals surface area contributed by atoms with E-state index in [1.54, 1.807) is 34.4 Å². The van der Waals surface area contributed by atoms with Gasteiger partial charge in [0, 0.05) is 59.7 Å². The molecule has 0 unspecified atom stereocenters. The Bertz CT molecular complexity index is 2780. The van der Waals surface area contributed by atoms with Gasteiger partial charge < -0.3 is 20.1 Å². The summed E-state index contributed by atoms with van der Waals surface area (Å²) in [4.78, 5) is 21.1. The number of H-pyrrole nitrogens is 1. The zero-order valence-corrected chi connectivity index (χ0v) is 35.8. The molecule has 7 aromatic rings. The smallest absolute Gasteiger partial charge is 0.267 e. The number of aromatic nitrogens is 2. The van der Waals surface area contributed by atoms with Gasteiger partial charge in [-0.2, -0.15) is 33.8 Å². The van der Waals surface area contributed by atoms with Crippen LogP contribution in [0.2, 0.25) is 0 Å². The number of thioether (sulfide) groups is 1. The van der Waals surface area contributed by atoms with Crippen molar-refractivity contribution in [3.63, 3.8) is 0 Å². The molecule has 1 amide bonds. The van der Waals surface area contributed by atoms with E-state index in [1.807, 2.05) is 54.6 Å². The largest absolute Gasteiger partial charge is 0.748 e. The van der Waals surface area contributed by atoms with E-state index in [2.05, 4.69) is 97.9 Å². The first-order chi connectivity index (χ1) is 27.8. The van der Waals surface area contributed by atoms with Gasteiger partial charge >= 0.3 is 0 Å². The topological polar surface area (TPSA) is 120 Å². The Morgan fingerprint density at radius 3 is 2.59 bits per heavy atom. The number of hydrogen-bond acceptors (Lipinski definition) is 9. The Kier molecular flexibility index (Phi) is 11.9. The maximum atomic E-state index is 14.2. The van der Waals surface area contributed by atoms with Crippen LogP contribution in [0.5, 0.6) is 0 Å². The molecule has 4 heterocycles. The van der Waals surface area contributed by atoms with Crippen molar-refractivity contribution in [2.45, 2.75) is 37.2 Å². The van der Waals surface area contributed by atoms with Gasteiger partial charge in [0.2, 0.25) is 23.6 Å². The standard InChI is InChI=1S/C44H37N5O4S4.V/c50-41(27-33(43-46-34-15-5-8-18-38(34)55-43)44-47-35-16-6-9-19-39(35)56-44)45-28-49-37-25-30(29-12-2-1-3-13-29)20-21-40(37)54-42(49)26-32-24-31-14-4-7-17-36(31)48(32)22-10-11-23-57(51,52)53;/h1-6,8-9,12-21,25-26,46H,10-11,22-24,27-28H2,(H,45,50)(H,51,52,53);/b43-33+;. The van der Waals surface area contributed by atoms with Crippen molar-refractivity contribution in [2.24, 2.45) is 0 Å². The number of hydrogen-bond donors (Lipinski definition) is 2. The molecule has 2 aliphatic heterocycles. The van der Waals surface area contributed by atoms with Gasteiger partial charge in [-0.15, -0.1) is 5.56 Å². The summed E-state index contributed by atoms with van der Waals surface area (Å²) in [5, 5.41) is 9.69. The summed E-state index contributed by atoms with van der Waals surface area (Å²) in [6.45, 7) is 0.811. The maximum absolute atomic E-state index is 14.2. The number of thiazole rings is 2. The molecular weight excluding hydrogens is 842 g/mol. The first kappa shape index (κ1) is 40.1. The molecular formula is C44H37N5O4S4V. The van der Waals surface area contributed by atoms with Gasteiger partial charge in [0.15, 0.2) is 0 Å². The molecule has 1 radical (unpaired) electrons. The number of nitrogens with zero attached hydrogens (tertiary/aromatic N) is 2. The molecule has 0 bridgehead atoms. The van der Waals surface area contributed by atoms with Crippen molar-refractivity contribution < 1.29 is 45.9 Å². The molecule has 291 valence electrons.